The lowest BCUT2D eigenvalue weighted by Crippen LogP contribution is -1.79. The highest BCUT2D eigenvalue weighted by molar-refractivity contribution is 14.1. The second-order valence-corrected chi connectivity index (χ2v) is 4.54. The van der Waals surface area contributed by atoms with Crippen LogP contribution in [0.5, 0.6) is 0 Å². The van der Waals surface area contributed by atoms with Gasteiger partial charge in [-0.15, -0.1) is 11.3 Å². The molecule has 0 fully saturated rings. The first-order valence-electron chi connectivity index (χ1n) is 3.49. The van der Waals surface area contributed by atoms with Gasteiger partial charge in [0.2, 0.25) is 0 Å². The van der Waals surface area contributed by atoms with Crippen LogP contribution >= 0.6 is 33.9 Å². The molecule has 4 heteroatoms. The molecule has 2 rings (SSSR count). The van der Waals surface area contributed by atoms with E-state index in [2.05, 4.69) is 28.7 Å². The van der Waals surface area contributed by atoms with Crippen molar-refractivity contribution in [2.75, 3.05) is 0 Å². The number of nitrogens with zero attached hydrogens (tertiary/aromatic N) is 1. The Morgan fingerprint density at radius 3 is 2.92 bits per heavy atom. The molecule has 0 bridgehead atoms. The SMILES string of the molecule is N#Cc1csc2c(F)ccc(I)c12. The van der Waals surface area contributed by atoms with Crippen molar-refractivity contribution in [2.24, 2.45) is 0 Å². The van der Waals surface area contributed by atoms with E-state index in [1.54, 1.807) is 11.4 Å². The molecular formula is C9H3FINS. The summed E-state index contributed by atoms with van der Waals surface area (Å²) in [7, 11) is 0. The van der Waals surface area contributed by atoms with Crippen molar-refractivity contribution < 1.29 is 4.39 Å². The number of hydrogen-bond donors (Lipinski definition) is 0. The Labute approximate surface area is 91.9 Å². The van der Waals surface area contributed by atoms with Gasteiger partial charge in [0.05, 0.1) is 10.3 Å². The predicted molar refractivity (Wildman–Crippen MR) is 59.2 cm³/mol. The molecule has 0 N–H and O–H groups in total. The number of fused-ring (bicyclic) bond motifs is 1. The molecule has 13 heavy (non-hydrogen) atoms. The van der Waals surface area contributed by atoms with Gasteiger partial charge in [0.15, 0.2) is 0 Å². The lowest BCUT2D eigenvalue weighted by atomic mass is 10.2. The molecule has 0 amide bonds. The van der Waals surface area contributed by atoms with Gasteiger partial charge in [0, 0.05) is 14.3 Å². The molecular weight excluding hydrogens is 300 g/mol. The zero-order valence-electron chi connectivity index (χ0n) is 6.34. The summed E-state index contributed by atoms with van der Waals surface area (Å²) in [6, 6.07) is 5.18. The molecule has 0 aliphatic heterocycles. The van der Waals surface area contributed by atoms with Crippen molar-refractivity contribution in [3.63, 3.8) is 0 Å². The highest BCUT2D eigenvalue weighted by Crippen LogP contribution is 2.31. The lowest BCUT2D eigenvalue weighted by Gasteiger charge is -1.95. The Balaban J connectivity index is 2.98. The van der Waals surface area contributed by atoms with Crippen molar-refractivity contribution >= 4 is 44.0 Å². The average molecular weight is 303 g/mol. The fourth-order valence-corrected chi connectivity index (χ4v) is 3.01. The summed E-state index contributed by atoms with van der Waals surface area (Å²) >= 11 is 3.39. The third-order valence-corrected chi connectivity index (χ3v) is 3.63. The maximum Gasteiger partial charge on any atom is 0.141 e. The van der Waals surface area contributed by atoms with Crippen LogP contribution < -0.4 is 0 Å². The van der Waals surface area contributed by atoms with Gasteiger partial charge in [-0.05, 0) is 34.7 Å². The third-order valence-electron chi connectivity index (χ3n) is 1.74. The summed E-state index contributed by atoms with van der Waals surface area (Å²) in [5.74, 6) is -0.248. The van der Waals surface area contributed by atoms with E-state index >= 15 is 0 Å². The number of nitriles is 1. The Bertz CT molecular complexity index is 512. The fraction of sp³-hybridized carbons (Fsp3) is 0. The van der Waals surface area contributed by atoms with Crippen LogP contribution in [0.1, 0.15) is 5.56 Å². The summed E-state index contributed by atoms with van der Waals surface area (Å²) in [6.45, 7) is 0. The van der Waals surface area contributed by atoms with Gasteiger partial charge < -0.3 is 0 Å². The van der Waals surface area contributed by atoms with Crippen LogP contribution in [0.2, 0.25) is 0 Å². The van der Waals surface area contributed by atoms with Crippen LogP contribution in [0.3, 0.4) is 0 Å². The van der Waals surface area contributed by atoms with Crippen molar-refractivity contribution in [3.8, 4) is 6.07 Å². The second-order valence-electron chi connectivity index (χ2n) is 2.49. The monoisotopic (exact) mass is 303 g/mol. The van der Waals surface area contributed by atoms with Crippen LogP contribution in [-0.2, 0) is 0 Å². The molecule has 0 aliphatic rings. The number of rotatable bonds is 0. The molecule has 1 aromatic heterocycles. The molecule has 0 radical (unpaired) electrons. The van der Waals surface area contributed by atoms with Gasteiger partial charge in [-0.25, -0.2) is 4.39 Å². The standard InChI is InChI=1S/C9H3FINS/c10-6-1-2-7(11)8-5(3-12)4-13-9(6)8/h1-2,4H. The smallest absolute Gasteiger partial charge is 0.141 e. The maximum atomic E-state index is 13.2. The normalized spacial score (nSPS) is 10.2. The van der Waals surface area contributed by atoms with E-state index in [9.17, 15) is 4.39 Å². The minimum atomic E-state index is -0.248. The highest BCUT2D eigenvalue weighted by atomic mass is 127. The van der Waals surface area contributed by atoms with Crippen LogP contribution in [0.25, 0.3) is 10.1 Å². The van der Waals surface area contributed by atoms with Gasteiger partial charge >= 0.3 is 0 Å². The van der Waals surface area contributed by atoms with Gasteiger partial charge in [0.25, 0.3) is 0 Å². The molecule has 0 atom stereocenters. The Hall–Kier alpha value is -0.670. The molecule has 0 spiro atoms. The zero-order chi connectivity index (χ0) is 9.42. The zero-order valence-corrected chi connectivity index (χ0v) is 9.32. The van der Waals surface area contributed by atoms with Crippen LogP contribution in [-0.4, -0.2) is 0 Å². The van der Waals surface area contributed by atoms with Crippen molar-refractivity contribution in [2.45, 2.75) is 0 Å². The molecule has 1 heterocycles. The van der Waals surface area contributed by atoms with Gasteiger partial charge in [-0.2, -0.15) is 5.26 Å². The van der Waals surface area contributed by atoms with E-state index in [0.29, 0.717) is 10.3 Å². The molecule has 0 aliphatic carbocycles. The predicted octanol–water partition coefficient (Wildman–Crippen LogP) is 3.52. The lowest BCUT2D eigenvalue weighted by molar-refractivity contribution is 0.641. The number of hydrogen-bond acceptors (Lipinski definition) is 2. The highest BCUT2D eigenvalue weighted by Gasteiger charge is 2.10. The van der Waals surface area contributed by atoms with Crippen molar-refractivity contribution in [1.29, 1.82) is 5.26 Å². The second kappa shape index (κ2) is 3.24. The Morgan fingerprint density at radius 1 is 1.46 bits per heavy atom. The molecule has 0 saturated heterocycles. The molecule has 1 nitrogen and oxygen atoms in total. The molecule has 64 valence electrons. The summed E-state index contributed by atoms with van der Waals surface area (Å²) in [4.78, 5) is 0. The van der Waals surface area contributed by atoms with Crippen LogP contribution in [0, 0.1) is 20.7 Å². The van der Waals surface area contributed by atoms with E-state index in [1.807, 2.05) is 0 Å². The first-order valence-corrected chi connectivity index (χ1v) is 5.45. The Morgan fingerprint density at radius 2 is 2.23 bits per heavy atom. The van der Waals surface area contributed by atoms with Gasteiger partial charge in [-0.1, -0.05) is 0 Å². The summed E-state index contributed by atoms with van der Waals surface area (Å²) in [5, 5.41) is 11.2. The quantitative estimate of drug-likeness (QED) is 0.683. The summed E-state index contributed by atoms with van der Waals surface area (Å²) in [6.07, 6.45) is 0. The minimum Gasteiger partial charge on any atom is -0.205 e. The average Bonchev–Trinajstić information content (AvgIpc) is 2.56. The van der Waals surface area contributed by atoms with E-state index in [0.717, 1.165) is 8.96 Å². The maximum absolute atomic E-state index is 13.2. The Kier molecular flexibility index (Phi) is 2.22. The first kappa shape index (κ1) is 8.91. The largest absolute Gasteiger partial charge is 0.205 e. The van der Waals surface area contributed by atoms with Gasteiger partial charge in [0.1, 0.15) is 11.9 Å². The topological polar surface area (TPSA) is 23.8 Å². The number of benzene rings is 1. The summed E-state index contributed by atoms with van der Waals surface area (Å²) in [5.41, 5.74) is 0.559. The minimum absolute atomic E-state index is 0.248. The molecule has 0 unspecified atom stereocenters. The fourth-order valence-electron chi connectivity index (χ4n) is 1.16. The van der Waals surface area contributed by atoms with E-state index in [1.165, 1.54) is 17.4 Å². The van der Waals surface area contributed by atoms with Crippen LogP contribution in [0.4, 0.5) is 4.39 Å². The molecule has 0 saturated carbocycles. The van der Waals surface area contributed by atoms with Crippen molar-refractivity contribution in [3.05, 3.63) is 32.5 Å². The van der Waals surface area contributed by atoms with Crippen molar-refractivity contribution in [1.82, 2.24) is 0 Å². The van der Waals surface area contributed by atoms with Crippen LogP contribution in [0.15, 0.2) is 17.5 Å². The third kappa shape index (κ3) is 1.32. The summed E-state index contributed by atoms with van der Waals surface area (Å²) < 4.78 is 14.7. The molecule has 2 aromatic rings. The first-order chi connectivity index (χ1) is 6.24. The van der Waals surface area contributed by atoms with E-state index < -0.39 is 0 Å². The van der Waals surface area contributed by atoms with E-state index in [-0.39, 0.29) is 5.82 Å². The number of halogens is 2. The number of thiophene rings is 1. The van der Waals surface area contributed by atoms with Gasteiger partial charge in [-0.3, -0.25) is 0 Å². The van der Waals surface area contributed by atoms with E-state index in [4.69, 9.17) is 5.26 Å². The molecule has 1 aromatic carbocycles.